The molecule has 0 aliphatic carbocycles. The second-order valence-corrected chi connectivity index (χ2v) is 5.60. The Labute approximate surface area is 131 Å². The van der Waals surface area contributed by atoms with Gasteiger partial charge in [0, 0.05) is 11.6 Å². The van der Waals surface area contributed by atoms with Crippen molar-refractivity contribution in [3.8, 4) is 5.69 Å². The minimum Gasteiger partial charge on any atom is -0.392 e. The summed E-state index contributed by atoms with van der Waals surface area (Å²) in [5.74, 6) is 0. The molecular formula is C18H15N3O2. The maximum Gasteiger partial charge on any atom is 0.280 e. The topological polar surface area (TPSA) is 70.9 Å². The zero-order valence-corrected chi connectivity index (χ0v) is 12.6. The van der Waals surface area contributed by atoms with Crippen molar-refractivity contribution in [2.24, 2.45) is 0 Å². The molecule has 23 heavy (non-hydrogen) atoms. The standard InChI is InChI=1S/C18H15N3O2/c1-11-4-2-3-5-16(11)21-18(23)14-9-19-15-8-12(10-22)6-7-13(15)17(14)20-21/h2-9,20,22H,10H2,1H3. The van der Waals surface area contributed by atoms with Gasteiger partial charge in [0.15, 0.2) is 0 Å². The first-order valence-corrected chi connectivity index (χ1v) is 7.38. The average Bonchev–Trinajstić information content (AvgIpc) is 2.92. The summed E-state index contributed by atoms with van der Waals surface area (Å²) in [5.41, 5.74) is 4.03. The third kappa shape index (κ3) is 2.05. The molecule has 0 fully saturated rings. The first-order chi connectivity index (χ1) is 11.2. The second kappa shape index (κ2) is 5.07. The molecule has 5 nitrogen and oxygen atoms in total. The van der Waals surface area contributed by atoms with Gasteiger partial charge in [-0.05, 0) is 30.2 Å². The van der Waals surface area contributed by atoms with Crippen LogP contribution < -0.4 is 5.56 Å². The van der Waals surface area contributed by atoms with Gasteiger partial charge in [0.2, 0.25) is 0 Å². The van der Waals surface area contributed by atoms with E-state index in [1.54, 1.807) is 10.9 Å². The number of aromatic nitrogens is 3. The van der Waals surface area contributed by atoms with Gasteiger partial charge in [0.05, 0.1) is 28.7 Å². The number of nitrogens with zero attached hydrogens (tertiary/aromatic N) is 2. The molecule has 0 aliphatic rings. The fourth-order valence-electron chi connectivity index (χ4n) is 2.89. The molecule has 0 saturated heterocycles. The Hall–Kier alpha value is -2.92. The Morgan fingerprint density at radius 1 is 1.17 bits per heavy atom. The Bertz CT molecular complexity index is 1090. The van der Waals surface area contributed by atoms with E-state index in [1.807, 2.05) is 49.4 Å². The molecule has 0 aliphatic heterocycles. The van der Waals surface area contributed by atoms with Crippen LogP contribution in [0.2, 0.25) is 0 Å². The van der Waals surface area contributed by atoms with Crippen LogP contribution in [0.15, 0.2) is 53.5 Å². The molecule has 0 atom stereocenters. The molecular weight excluding hydrogens is 290 g/mol. The number of nitrogens with one attached hydrogen (secondary N) is 1. The lowest BCUT2D eigenvalue weighted by molar-refractivity contribution is 0.282. The maximum absolute atomic E-state index is 12.7. The lowest BCUT2D eigenvalue weighted by Crippen LogP contribution is -2.15. The Morgan fingerprint density at radius 2 is 2.00 bits per heavy atom. The van der Waals surface area contributed by atoms with Crippen molar-refractivity contribution in [1.82, 2.24) is 14.8 Å². The van der Waals surface area contributed by atoms with Crippen molar-refractivity contribution in [2.75, 3.05) is 0 Å². The van der Waals surface area contributed by atoms with Crippen LogP contribution in [-0.2, 0) is 6.61 Å². The number of hydrogen-bond acceptors (Lipinski definition) is 3. The number of aliphatic hydroxyl groups excluding tert-OH is 1. The van der Waals surface area contributed by atoms with Crippen molar-refractivity contribution in [3.05, 3.63) is 70.1 Å². The number of aromatic amines is 1. The van der Waals surface area contributed by atoms with Crippen molar-refractivity contribution >= 4 is 21.8 Å². The van der Waals surface area contributed by atoms with Crippen molar-refractivity contribution in [1.29, 1.82) is 0 Å². The Balaban J connectivity index is 2.06. The predicted molar refractivity (Wildman–Crippen MR) is 89.9 cm³/mol. The molecule has 0 saturated carbocycles. The summed E-state index contributed by atoms with van der Waals surface area (Å²) in [6.07, 6.45) is 1.59. The second-order valence-electron chi connectivity index (χ2n) is 5.60. The highest BCUT2D eigenvalue weighted by atomic mass is 16.3. The first-order valence-electron chi connectivity index (χ1n) is 7.38. The summed E-state index contributed by atoms with van der Waals surface area (Å²) in [7, 11) is 0. The molecule has 4 rings (SSSR count). The van der Waals surface area contributed by atoms with E-state index < -0.39 is 0 Å². The summed E-state index contributed by atoms with van der Waals surface area (Å²) in [4.78, 5) is 17.1. The smallest absolute Gasteiger partial charge is 0.280 e. The summed E-state index contributed by atoms with van der Waals surface area (Å²) in [5, 5.41) is 13.9. The molecule has 2 aromatic carbocycles. The molecule has 0 unspecified atom stereocenters. The molecule has 0 bridgehead atoms. The highest BCUT2D eigenvalue weighted by Crippen LogP contribution is 2.22. The SMILES string of the molecule is Cc1ccccc1-n1[nH]c2c(cnc3cc(CO)ccc32)c1=O. The van der Waals surface area contributed by atoms with Crippen LogP contribution in [0.25, 0.3) is 27.5 Å². The van der Waals surface area contributed by atoms with Gasteiger partial charge < -0.3 is 5.11 Å². The third-order valence-electron chi connectivity index (χ3n) is 4.13. The number of para-hydroxylation sites is 1. The number of aryl methyl sites for hydroxylation is 1. The lowest BCUT2D eigenvalue weighted by atomic mass is 10.1. The zero-order valence-electron chi connectivity index (χ0n) is 12.6. The normalized spacial score (nSPS) is 11.4. The van der Waals surface area contributed by atoms with Gasteiger partial charge in [-0.3, -0.25) is 14.9 Å². The zero-order chi connectivity index (χ0) is 16.0. The van der Waals surface area contributed by atoms with Crippen LogP contribution in [0.5, 0.6) is 0 Å². The van der Waals surface area contributed by atoms with Gasteiger partial charge in [-0.15, -0.1) is 0 Å². The van der Waals surface area contributed by atoms with Gasteiger partial charge in [0.25, 0.3) is 5.56 Å². The minimum atomic E-state index is -0.116. The van der Waals surface area contributed by atoms with E-state index >= 15 is 0 Å². The largest absolute Gasteiger partial charge is 0.392 e. The van der Waals surface area contributed by atoms with E-state index in [2.05, 4.69) is 10.1 Å². The van der Waals surface area contributed by atoms with E-state index in [9.17, 15) is 9.90 Å². The summed E-state index contributed by atoms with van der Waals surface area (Å²) >= 11 is 0. The molecule has 5 heteroatoms. The number of aliphatic hydroxyl groups is 1. The maximum atomic E-state index is 12.7. The highest BCUT2D eigenvalue weighted by Gasteiger charge is 2.13. The van der Waals surface area contributed by atoms with Crippen molar-refractivity contribution in [2.45, 2.75) is 13.5 Å². The summed E-state index contributed by atoms with van der Waals surface area (Å²) in [6, 6.07) is 13.3. The highest BCUT2D eigenvalue weighted by molar-refractivity contribution is 6.02. The van der Waals surface area contributed by atoms with Gasteiger partial charge in [0.1, 0.15) is 0 Å². The van der Waals surface area contributed by atoms with Crippen LogP contribution in [0.3, 0.4) is 0 Å². The predicted octanol–water partition coefficient (Wildman–Crippen LogP) is 2.67. The molecule has 4 aromatic rings. The molecule has 0 radical (unpaired) electrons. The Kier molecular flexibility index (Phi) is 3.02. The molecule has 2 N–H and O–H groups in total. The first kappa shape index (κ1) is 13.7. The van der Waals surface area contributed by atoms with E-state index in [0.717, 1.165) is 33.2 Å². The van der Waals surface area contributed by atoms with Crippen LogP contribution in [-0.4, -0.2) is 19.9 Å². The average molecular weight is 305 g/mol. The fourth-order valence-corrected chi connectivity index (χ4v) is 2.89. The molecule has 2 aromatic heterocycles. The minimum absolute atomic E-state index is 0.0314. The number of fused-ring (bicyclic) bond motifs is 3. The van der Waals surface area contributed by atoms with Gasteiger partial charge in [-0.25, -0.2) is 4.68 Å². The van der Waals surface area contributed by atoms with E-state index in [0.29, 0.717) is 5.39 Å². The Morgan fingerprint density at radius 3 is 2.78 bits per heavy atom. The lowest BCUT2D eigenvalue weighted by Gasteiger charge is -2.04. The number of rotatable bonds is 2. The third-order valence-corrected chi connectivity index (χ3v) is 4.13. The molecule has 0 amide bonds. The summed E-state index contributed by atoms with van der Waals surface area (Å²) < 4.78 is 1.56. The molecule has 0 spiro atoms. The van der Waals surface area contributed by atoms with Crippen LogP contribution >= 0.6 is 0 Å². The van der Waals surface area contributed by atoms with Crippen molar-refractivity contribution < 1.29 is 5.11 Å². The van der Waals surface area contributed by atoms with Crippen LogP contribution in [0.4, 0.5) is 0 Å². The number of pyridine rings is 1. The van der Waals surface area contributed by atoms with Gasteiger partial charge >= 0.3 is 0 Å². The van der Waals surface area contributed by atoms with Gasteiger partial charge in [-0.2, -0.15) is 0 Å². The van der Waals surface area contributed by atoms with E-state index in [-0.39, 0.29) is 12.2 Å². The summed E-state index contributed by atoms with van der Waals surface area (Å²) in [6.45, 7) is 1.94. The van der Waals surface area contributed by atoms with Crippen LogP contribution in [0, 0.1) is 6.92 Å². The van der Waals surface area contributed by atoms with E-state index in [1.165, 1.54) is 0 Å². The quantitative estimate of drug-likeness (QED) is 0.598. The number of benzene rings is 2. The van der Waals surface area contributed by atoms with Crippen molar-refractivity contribution in [3.63, 3.8) is 0 Å². The van der Waals surface area contributed by atoms with Gasteiger partial charge in [-0.1, -0.05) is 30.3 Å². The molecule has 114 valence electrons. The molecule has 2 heterocycles. The monoisotopic (exact) mass is 305 g/mol. The number of hydrogen-bond donors (Lipinski definition) is 2. The number of H-pyrrole nitrogens is 1. The van der Waals surface area contributed by atoms with E-state index in [4.69, 9.17) is 0 Å². The van der Waals surface area contributed by atoms with Crippen LogP contribution in [0.1, 0.15) is 11.1 Å². The fraction of sp³-hybridized carbons (Fsp3) is 0.111.